The summed E-state index contributed by atoms with van der Waals surface area (Å²) in [6.07, 6.45) is 0.218. The molecular weight excluding hydrogens is 273 g/mol. The summed E-state index contributed by atoms with van der Waals surface area (Å²) in [5.74, 6) is 0.0172. The van der Waals surface area contributed by atoms with Crippen molar-refractivity contribution in [1.29, 1.82) is 0 Å². The standard InChI is InChI=1S/C16H24FNO3/c1-6-20-15(19)16(4,18-5)10-12(3)21-13-7-8-14(17)11(2)9-13/h7-9,12,18H,6,10H2,1-5H3. The summed E-state index contributed by atoms with van der Waals surface area (Å²) >= 11 is 0. The van der Waals surface area contributed by atoms with Gasteiger partial charge in [0, 0.05) is 6.42 Å². The molecule has 0 saturated heterocycles. The number of carbonyl (C=O) groups is 1. The third-order valence-electron chi connectivity index (χ3n) is 3.44. The van der Waals surface area contributed by atoms with E-state index >= 15 is 0 Å². The van der Waals surface area contributed by atoms with E-state index in [4.69, 9.17) is 9.47 Å². The third-order valence-corrected chi connectivity index (χ3v) is 3.44. The summed E-state index contributed by atoms with van der Waals surface area (Å²) in [4.78, 5) is 12.0. The first-order valence-corrected chi connectivity index (χ1v) is 7.11. The van der Waals surface area contributed by atoms with Crippen molar-refractivity contribution in [2.24, 2.45) is 0 Å². The number of rotatable bonds is 7. The summed E-state index contributed by atoms with van der Waals surface area (Å²) in [5, 5.41) is 2.99. The number of benzene rings is 1. The molecule has 0 aliphatic rings. The van der Waals surface area contributed by atoms with E-state index in [1.54, 1.807) is 40.0 Å². The lowest BCUT2D eigenvalue weighted by atomic mass is 9.95. The van der Waals surface area contributed by atoms with Gasteiger partial charge >= 0.3 is 5.97 Å². The Kier molecular flexibility index (Phi) is 6.15. The SMILES string of the molecule is CCOC(=O)C(C)(CC(C)Oc1ccc(F)c(C)c1)NC. The number of carbonyl (C=O) groups excluding carboxylic acids is 1. The first kappa shape index (κ1) is 17.4. The predicted molar refractivity (Wildman–Crippen MR) is 79.9 cm³/mol. The van der Waals surface area contributed by atoms with Crippen LogP contribution in [-0.2, 0) is 9.53 Å². The molecule has 0 bridgehead atoms. The predicted octanol–water partition coefficient (Wildman–Crippen LogP) is 2.83. The first-order chi connectivity index (χ1) is 9.82. The van der Waals surface area contributed by atoms with Crippen molar-refractivity contribution in [2.75, 3.05) is 13.7 Å². The fourth-order valence-electron chi connectivity index (χ4n) is 2.12. The molecule has 1 aromatic carbocycles. The highest BCUT2D eigenvalue weighted by molar-refractivity contribution is 5.80. The lowest BCUT2D eigenvalue weighted by Gasteiger charge is -2.29. The average molecular weight is 297 g/mol. The Balaban J connectivity index is 2.72. The van der Waals surface area contributed by atoms with Crippen molar-refractivity contribution >= 4 is 5.97 Å². The Morgan fingerprint density at radius 3 is 2.67 bits per heavy atom. The molecule has 4 nitrogen and oxygen atoms in total. The fourth-order valence-corrected chi connectivity index (χ4v) is 2.12. The van der Waals surface area contributed by atoms with Crippen LogP contribution in [0.15, 0.2) is 18.2 Å². The summed E-state index contributed by atoms with van der Waals surface area (Å²) in [6.45, 7) is 7.44. The van der Waals surface area contributed by atoms with Gasteiger partial charge in [0.05, 0.1) is 12.7 Å². The van der Waals surface area contributed by atoms with Crippen molar-refractivity contribution < 1.29 is 18.7 Å². The zero-order chi connectivity index (χ0) is 16.0. The molecule has 1 aromatic rings. The van der Waals surface area contributed by atoms with E-state index < -0.39 is 5.54 Å². The molecule has 1 N–H and O–H groups in total. The minimum atomic E-state index is -0.815. The Morgan fingerprint density at radius 2 is 2.14 bits per heavy atom. The Bertz CT molecular complexity index is 492. The fraction of sp³-hybridized carbons (Fsp3) is 0.562. The van der Waals surface area contributed by atoms with Crippen LogP contribution in [0.25, 0.3) is 0 Å². The van der Waals surface area contributed by atoms with Gasteiger partial charge in [-0.25, -0.2) is 4.39 Å². The maximum atomic E-state index is 13.2. The van der Waals surface area contributed by atoms with Crippen molar-refractivity contribution in [3.05, 3.63) is 29.6 Å². The number of likely N-dealkylation sites (N-methyl/N-ethyl adjacent to an activating group) is 1. The van der Waals surface area contributed by atoms with Crippen molar-refractivity contribution in [3.8, 4) is 5.75 Å². The molecule has 0 radical (unpaired) electrons. The molecule has 0 aliphatic heterocycles. The molecule has 0 amide bonds. The summed E-state index contributed by atoms with van der Waals surface area (Å²) < 4.78 is 24.1. The molecule has 0 spiro atoms. The molecule has 2 unspecified atom stereocenters. The highest BCUT2D eigenvalue weighted by atomic mass is 19.1. The van der Waals surface area contributed by atoms with Crippen molar-refractivity contribution in [3.63, 3.8) is 0 Å². The highest BCUT2D eigenvalue weighted by Crippen LogP contribution is 2.21. The first-order valence-electron chi connectivity index (χ1n) is 7.11. The average Bonchev–Trinajstić information content (AvgIpc) is 2.43. The van der Waals surface area contributed by atoms with Gasteiger partial charge in [0.1, 0.15) is 17.1 Å². The smallest absolute Gasteiger partial charge is 0.326 e. The largest absolute Gasteiger partial charge is 0.491 e. The van der Waals surface area contributed by atoms with E-state index in [1.807, 2.05) is 6.92 Å². The van der Waals surface area contributed by atoms with E-state index in [0.717, 1.165) is 0 Å². The van der Waals surface area contributed by atoms with E-state index in [-0.39, 0.29) is 17.9 Å². The van der Waals surface area contributed by atoms with Crippen LogP contribution in [0.5, 0.6) is 5.75 Å². The lowest BCUT2D eigenvalue weighted by molar-refractivity contribution is -0.151. The summed E-state index contributed by atoms with van der Waals surface area (Å²) in [6, 6.07) is 4.60. The van der Waals surface area contributed by atoms with Crippen LogP contribution in [-0.4, -0.2) is 31.3 Å². The van der Waals surface area contributed by atoms with E-state index in [2.05, 4.69) is 5.32 Å². The molecule has 0 aromatic heterocycles. The number of hydrogen-bond donors (Lipinski definition) is 1. The summed E-state index contributed by atoms with van der Waals surface area (Å²) in [5.41, 5.74) is -0.286. The second-order valence-corrected chi connectivity index (χ2v) is 5.35. The van der Waals surface area contributed by atoms with Crippen LogP contribution in [0.3, 0.4) is 0 Å². The van der Waals surface area contributed by atoms with Gasteiger partial charge in [-0.3, -0.25) is 4.79 Å². The van der Waals surface area contributed by atoms with Crippen molar-refractivity contribution in [1.82, 2.24) is 5.32 Å². The molecule has 21 heavy (non-hydrogen) atoms. The second-order valence-electron chi connectivity index (χ2n) is 5.35. The van der Waals surface area contributed by atoms with Gasteiger partial charge in [-0.15, -0.1) is 0 Å². The number of aryl methyl sites for hydroxylation is 1. The van der Waals surface area contributed by atoms with Gasteiger partial charge < -0.3 is 14.8 Å². The molecule has 118 valence electrons. The highest BCUT2D eigenvalue weighted by Gasteiger charge is 2.35. The molecule has 0 aliphatic carbocycles. The Morgan fingerprint density at radius 1 is 1.48 bits per heavy atom. The summed E-state index contributed by atoms with van der Waals surface area (Å²) in [7, 11) is 1.71. The molecule has 1 rings (SSSR count). The topological polar surface area (TPSA) is 47.6 Å². The van der Waals surface area contributed by atoms with Gasteiger partial charge in [-0.05, 0) is 58.5 Å². The quantitative estimate of drug-likeness (QED) is 0.786. The molecular formula is C16H24FNO3. The van der Waals surface area contributed by atoms with Gasteiger partial charge in [0.2, 0.25) is 0 Å². The van der Waals surface area contributed by atoms with E-state index in [9.17, 15) is 9.18 Å². The van der Waals surface area contributed by atoms with Gasteiger partial charge in [-0.1, -0.05) is 0 Å². The zero-order valence-corrected chi connectivity index (χ0v) is 13.3. The molecule has 0 saturated carbocycles. The number of ether oxygens (including phenoxy) is 2. The number of nitrogens with one attached hydrogen (secondary N) is 1. The molecule has 2 atom stereocenters. The van der Waals surface area contributed by atoms with Crippen LogP contribution in [0.2, 0.25) is 0 Å². The van der Waals surface area contributed by atoms with Gasteiger partial charge in [-0.2, -0.15) is 0 Å². The van der Waals surface area contributed by atoms with Crippen molar-refractivity contribution in [2.45, 2.75) is 45.8 Å². The molecule has 5 heteroatoms. The lowest BCUT2D eigenvalue weighted by Crippen LogP contribution is -2.51. The van der Waals surface area contributed by atoms with Crippen LogP contribution < -0.4 is 10.1 Å². The normalized spacial score (nSPS) is 15.1. The zero-order valence-electron chi connectivity index (χ0n) is 13.3. The minimum Gasteiger partial charge on any atom is -0.491 e. The van der Waals surface area contributed by atoms with E-state index in [1.165, 1.54) is 6.07 Å². The Labute approximate surface area is 125 Å². The second kappa shape index (κ2) is 7.41. The van der Waals surface area contributed by atoms with Crippen LogP contribution in [0.1, 0.15) is 32.8 Å². The van der Waals surface area contributed by atoms with E-state index in [0.29, 0.717) is 24.3 Å². The minimum absolute atomic E-state index is 0.225. The number of hydrogen-bond acceptors (Lipinski definition) is 4. The molecule has 0 heterocycles. The molecule has 0 fully saturated rings. The number of esters is 1. The Hall–Kier alpha value is -1.62. The maximum absolute atomic E-state index is 13.2. The van der Waals surface area contributed by atoms with Gasteiger partial charge in [0.15, 0.2) is 0 Å². The maximum Gasteiger partial charge on any atom is 0.326 e. The number of halogens is 1. The third kappa shape index (κ3) is 4.70. The van der Waals surface area contributed by atoms with Gasteiger partial charge in [0.25, 0.3) is 0 Å². The van der Waals surface area contributed by atoms with Crippen LogP contribution >= 0.6 is 0 Å². The van der Waals surface area contributed by atoms with Crippen LogP contribution in [0.4, 0.5) is 4.39 Å². The van der Waals surface area contributed by atoms with Crippen LogP contribution in [0, 0.1) is 12.7 Å². The monoisotopic (exact) mass is 297 g/mol.